The summed E-state index contributed by atoms with van der Waals surface area (Å²) in [5.74, 6) is 6.12. The van der Waals surface area contributed by atoms with Crippen LogP contribution in [0.3, 0.4) is 0 Å². The standard InChI is InChI=1S/C23H34O3.C22H32O3/c1-3-22-12-9-19-18-8-6-17(26-2)15-16(18)5-7-20(19)21(22)10-13-23(22,25)11-4-14-24;1-2-21-11-8-18-17-7-5-16(24)14-15(17)4-6-19(18)20(21)9-12-22(21,25)10-3-13-23/h4,6,11,19-21,24-25H,3,5,7-10,12-15H2,1-2H3;3,10,14,17-20,23,25H,2,4-9,11-13H2,1H3/b11-4-;10-3-/t19?,20?,21?,22-,23-;17-,18?,19?,20?,21-,22-/m00/s1. The second kappa shape index (κ2) is 14.7. The predicted molar refractivity (Wildman–Crippen MR) is 201 cm³/mol. The summed E-state index contributed by atoms with van der Waals surface area (Å²) in [4.78, 5) is 11.8. The first kappa shape index (κ1) is 37.3. The highest BCUT2D eigenvalue weighted by molar-refractivity contribution is 5.91. The predicted octanol–water partition coefficient (Wildman–Crippen LogP) is 8.31. The first-order chi connectivity index (χ1) is 24.6. The molecule has 0 heterocycles. The number of aliphatic hydroxyl groups is 4. The van der Waals surface area contributed by atoms with E-state index in [1.165, 1.54) is 37.7 Å². The minimum absolute atomic E-state index is 0.0000953. The molecule has 8 rings (SSSR count). The number of hydrogen-bond acceptors (Lipinski definition) is 6. The zero-order valence-corrected chi connectivity index (χ0v) is 31.8. The smallest absolute Gasteiger partial charge is 0.155 e. The average Bonchev–Trinajstić information content (AvgIpc) is 3.64. The van der Waals surface area contributed by atoms with Crippen LogP contribution in [0.2, 0.25) is 0 Å². The number of carbonyl (C=O) groups excluding carboxylic acids is 1. The van der Waals surface area contributed by atoms with Crippen LogP contribution in [0.1, 0.15) is 129 Å². The zero-order chi connectivity index (χ0) is 36.0. The van der Waals surface area contributed by atoms with Crippen molar-refractivity contribution in [1.29, 1.82) is 0 Å². The first-order valence-corrected chi connectivity index (χ1v) is 20.8. The third-order valence-electron chi connectivity index (χ3n) is 16.7. The Kier molecular flexibility index (Phi) is 10.7. The Morgan fingerprint density at radius 3 is 2.00 bits per heavy atom. The van der Waals surface area contributed by atoms with Crippen LogP contribution in [0.5, 0.6) is 0 Å². The zero-order valence-electron chi connectivity index (χ0n) is 31.8. The van der Waals surface area contributed by atoms with Crippen LogP contribution >= 0.6 is 0 Å². The number of aliphatic hydroxyl groups excluding tert-OH is 2. The van der Waals surface area contributed by atoms with E-state index in [2.05, 4.69) is 19.9 Å². The fraction of sp³-hybridized carbons (Fsp3) is 0.756. The molecule has 11 atom stereocenters. The monoisotopic (exact) mass is 702 g/mol. The summed E-state index contributed by atoms with van der Waals surface area (Å²) in [6.45, 7) is 4.52. The molecule has 6 nitrogen and oxygen atoms in total. The van der Waals surface area contributed by atoms with Crippen LogP contribution in [0.15, 0.2) is 58.9 Å². The van der Waals surface area contributed by atoms with Crippen molar-refractivity contribution in [3.63, 3.8) is 0 Å². The molecule has 0 aromatic rings. The lowest BCUT2D eigenvalue weighted by molar-refractivity contribution is -0.117. The Balaban J connectivity index is 0.000000159. The molecular weight excluding hydrogens is 636 g/mol. The van der Waals surface area contributed by atoms with Gasteiger partial charge >= 0.3 is 0 Å². The largest absolute Gasteiger partial charge is 0.501 e. The molecule has 8 aliphatic rings. The van der Waals surface area contributed by atoms with Crippen molar-refractivity contribution >= 4 is 5.78 Å². The van der Waals surface area contributed by atoms with E-state index < -0.39 is 11.2 Å². The molecule has 5 fully saturated rings. The second-order valence-corrected chi connectivity index (χ2v) is 17.8. The van der Waals surface area contributed by atoms with Gasteiger partial charge in [-0.05, 0) is 156 Å². The van der Waals surface area contributed by atoms with E-state index in [-0.39, 0.29) is 24.0 Å². The third-order valence-corrected chi connectivity index (χ3v) is 16.7. The molecule has 0 spiro atoms. The Labute approximate surface area is 307 Å². The molecule has 282 valence electrons. The molecule has 0 aliphatic heterocycles. The SMILES string of the molecule is CC[C@]12CCC3C(CCC4=CC(=O)CC[C@@H]43)C1CC[C@@]2(O)/C=C\CO.CC[C@]12CCC3C4=C(CCC3C1CC[C@@]2(O)/C=C\CO)CC(OC)=CC4. The average molecular weight is 703 g/mol. The summed E-state index contributed by atoms with van der Waals surface area (Å²) < 4.78 is 5.51. The molecule has 0 bridgehead atoms. The molecular formula is C45H66O6. The van der Waals surface area contributed by atoms with Gasteiger partial charge in [0, 0.05) is 23.7 Å². The number of rotatable bonds is 7. The van der Waals surface area contributed by atoms with Gasteiger partial charge in [0.25, 0.3) is 0 Å². The van der Waals surface area contributed by atoms with Crippen LogP contribution in [0.4, 0.5) is 0 Å². The normalized spacial score (nSPS) is 44.4. The number of hydrogen-bond donors (Lipinski definition) is 4. The van der Waals surface area contributed by atoms with Gasteiger partial charge in [-0.25, -0.2) is 0 Å². The van der Waals surface area contributed by atoms with Gasteiger partial charge in [0.05, 0.1) is 37.3 Å². The molecule has 0 aromatic carbocycles. The van der Waals surface area contributed by atoms with Gasteiger partial charge in [-0.1, -0.05) is 54.9 Å². The Morgan fingerprint density at radius 2 is 1.37 bits per heavy atom. The molecule has 5 saturated carbocycles. The van der Waals surface area contributed by atoms with Crippen molar-refractivity contribution in [2.45, 2.75) is 141 Å². The van der Waals surface area contributed by atoms with E-state index >= 15 is 0 Å². The number of methoxy groups -OCH3 is 1. The van der Waals surface area contributed by atoms with E-state index in [1.54, 1.807) is 30.4 Å². The minimum Gasteiger partial charge on any atom is -0.501 e. The lowest BCUT2D eigenvalue weighted by atomic mass is 9.49. The third kappa shape index (κ3) is 6.01. The fourth-order valence-electron chi connectivity index (χ4n) is 14.4. The number of ether oxygens (including phenoxy) is 1. The minimum atomic E-state index is -0.751. The molecule has 0 aromatic heterocycles. The molecule has 8 aliphatic carbocycles. The van der Waals surface area contributed by atoms with E-state index in [0.717, 1.165) is 95.1 Å². The van der Waals surface area contributed by atoms with Gasteiger partial charge in [-0.3, -0.25) is 4.79 Å². The summed E-state index contributed by atoms with van der Waals surface area (Å²) in [7, 11) is 1.79. The number of ketones is 1. The van der Waals surface area contributed by atoms with Crippen LogP contribution in [-0.2, 0) is 9.53 Å². The summed E-state index contributed by atoms with van der Waals surface area (Å²) in [5, 5.41) is 41.4. The van der Waals surface area contributed by atoms with Crippen LogP contribution in [0.25, 0.3) is 0 Å². The number of fused-ring (bicyclic) bond motifs is 9. The Morgan fingerprint density at radius 1 is 0.745 bits per heavy atom. The molecule has 0 radical (unpaired) electrons. The van der Waals surface area contributed by atoms with Crippen molar-refractivity contribution in [3.8, 4) is 0 Å². The van der Waals surface area contributed by atoms with Crippen molar-refractivity contribution in [1.82, 2.24) is 0 Å². The maximum Gasteiger partial charge on any atom is 0.155 e. The highest BCUT2D eigenvalue weighted by Crippen LogP contribution is 2.68. The van der Waals surface area contributed by atoms with Gasteiger partial charge < -0.3 is 25.2 Å². The van der Waals surface area contributed by atoms with E-state index in [0.29, 0.717) is 41.3 Å². The first-order valence-electron chi connectivity index (χ1n) is 20.8. The van der Waals surface area contributed by atoms with Gasteiger partial charge in [-0.15, -0.1) is 0 Å². The van der Waals surface area contributed by atoms with Crippen LogP contribution in [-0.4, -0.2) is 57.7 Å². The summed E-state index contributed by atoms with van der Waals surface area (Å²) >= 11 is 0. The van der Waals surface area contributed by atoms with Gasteiger partial charge in [-0.2, -0.15) is 0 Å². The van der Waals surface area contributed by atoms with E-state index in [4.69, 9.17) is 4.74 Å². The lowest BCUT2D eigenvalue weighted by Gasteiger charge is -2.56. The van der Waals surface area contributed by atoms with Gasteiger partial charge in [0.2, 0.25) is 0 Å². The second-order valence-electron chi connectivity index (χ2n) is 17.8. The molecule has 0 amide bonds. The quantitative estimate of drug-likeness (QED) is 0.199. The van der Waals surface area contributed by atoms with Crippen molar-refractivity contribution in [2.24, 2.45) is 52.3 Å². The summed E-state index contributed by atoms with van der Waals surface area (Å²) in [6.07, 6.45) is 30.7. The van der Waals surface area contributed by atoms with E-state index in [9.17, 15) is 25.2 Å². The highest BCUT2D eigenvalue weighted by atomic mass is 16.5. The molecule has 6 unspecified atom stereocenters. The topological polar surface area (TPSA) is 107 Å². The summed E-state index contributed by atoms with van der Waals surface area (Å²) in [6, 6.07) is 0. The van der Waals surface area contributed by atoms with Crippen molar-refractivity contribution < 1.29 is 30.0 Å². The van der Waals surface area contributed by atoms with Crippen molar-refractivity contribution in [3.05, 3.63) is 58.9 Å². The molecule has 51 heavy (non-hydrogen) atoms. The number of allylic oxidation sites excluding steroid dienone is 4. The van der Waals surface area contributed by atoms with Gasteiger partial charge in [0.1, 0.15) is 0 Å². The maximum atomic E-state index is 11.8. The molecule has 0 saturated heterocycles. The van der Waals surface area contributed by atoms with Crippen molar-refractivity contribution in [2.75, 3.05) is 20.3 Å². The van der Waals surface area contributed by atoms with Crippen LogP contribution in [0, 0.1) is 52.3 Å². The molecule has 4 N–H and O–H groups in total. The maximum absolute atomic E-state index is 11.8. The van der Waals surface area contributed by atoms with Crippen LogP contribution < -0.4 is 0 Å². The number of carbonyl (C=O) groups is 1. The summed E-state index contributed by atoms with van der Waals surface area (Å²) in [5.41, 5.74) is 3.26. The van der Waals surface area contributed by atoms with Gasteiger partial charge in [0.15, 0.2) is 5.78 Å². The van der Waals surface area contributed by atoms with E-state index in [1.807, 2.05) is 18.2 Å². The fourth-order valence-corrected chi connectivity index (χ4v) is 14.4. The molecule has 6 heteroatoms. The Bertz CT molecular complexity index is 1470. The lowest BCUT2D eigenvalue weighted by Crippen LogP contribution is -2.53. The Hall–Kier alpha value is -1.99. The highest BCUT2D eigenvalue weighted by Gasteiger charge is 2.64.